The van der Waals surface area contributed by atoms with Gasteiger partial charge in [0.25, 0.3) is 0 Å². The molecule has 2 aromatic carbocycles. The summed E-state index contributed by atoms with van der Waals surface area (Å²) in [5.74, 6) is 0.109. The van der Waals surface area contributed by atoms with Crippen LogP contribution in [-0.4, -0.2) is 54.3 Å². The molecule has 27 heavy (non-hydrogen) atoms. The van der Waals surface area contributed by atoms with Crippen molar-refractivity contribution in [2.75, 3.05) is 38.0 Å². The molecule has 5 nitrogen and oxygen atoms in total. The average Bonchev–Trinajstić information content (AvgIpc) is 2.66. The van der Waals surface area contributed by atoms with E-state index >= 15 is 0 Å². The Labute approximate surface area is 168 Å². The van der Waals surface area contributed by atoms with Gasteiger partial charge in [0.1, 0.15) is 0 Å². The number of amides is 2. The SMILES string of the molecule is Cc1ccc(CC(=O)N2CCN(CC(=O)Nc3ccccc3Br)CC2)cc1. The molecule has 6 heteroatoms. The number of halogens is 1. The zero-order chi connectivity index (χ0) is 19.2. The van der Waals surface area contributed by atoms with Crippen LogP contribution >= 0.6 is 15.9 Å². The van der Waals surface area contributed by atoms with E-state index in [2.05, 4.69) is 26.1 Å². The largest absolute Gasteiger partial charge is 0.340 e. The Morgan fingerprint density at radius 3 is 2.33 bits per heavy atom. The summed E-state index contributed by atoms with van der Waals surface area (Å²) in [7, 11) is 0. The predicted octanol–water partition coefficient (Wildman–Crippen LogP) is 3.08. The maximum absolute atomic E-state index is 12.5. The Hall–Kier alpha value is -2.18. The van der Waals surface area contributed by atoms with Gasteiger partial charge in [-0.25, -0.2) is 0 Å². The molecule has 1 aliphatic rings. The second-order valence-corrected chi connectivity index (χ2v) is 7.70. The monoisotopic (exact) mass is 429 g/mol. The molecule has 0 unspecified atom stereocenters. The topological polar surface area (TPSA) is 52.7 Å². The standard InChI is InChI=1S/C21H24BrN3O2/c1-16-6-8-17(9-7-16)14-21(27)25-12-10-24(11-13-25)15-20(26)23-19-5-3-2-4-18(19)22/h2-9H,10-15H2,1H3,(H,23,26). The Morgan fingerprint density at radius 2 is 1.67 bits per heavy atom. The summed E-state index contributed by atoms with van der Waals surface area (Å²) in [5.41, 5.74) is 3.01. The van der Waals surface area contributed by atoms with Crippen molar-refractivity contribution in [1.29, 1.82) is 0 Å². The van der Waals surface area contributed by atoms with E-state index in [1.807, 2.05) is 60.4 Å². The minimum absolute atomic E-state index is 0.0404. The van der Waals surface area contributed by atoms with E-state index in [0.29, 0.717) is 39.1 Å². The molecule has 1 aliphatic heterocycles. The molecular weight excluding hydrogens is 406 g/mol. The van der Waals surface area contributed by atoms with Crippen LogP contribution in [0, 0.1) is 6.92 Å². The minimum atomic E-state index is -0.0404. The lowest BCUT2D eigenvalue weighted by molar-refractivity contribution is -0.132. The first-order valence-corrected chi connectivity index (χ1v) is 9.90. The molecule has 0 atom stereocenters. The summed E-state index contributed by atoms with van der Waals surface area (Å²) in [6.07, 6.45) is 0.433. The summed E-state index contributed by atoms with van der Waals surface area (Å²) < 4.78 is 0.866. The van der Waals surface area contributed by atoms with Gasteiger partial charge in [0.15, 0.2) is 0 Å². The molecule has 0 bridgehead atoms. The lowest BCUT2D eigenvalue weighted by Gasteiger charge is -2.34. The number of nitrogens with zero attached hydrogens (tertiary/aromatic N) is 2. The van der Waals surface area contributed by atoms with Crippen molar-refractivity contribution in [3.63, 3.8) is 0 Å². The number of para-hydroxylation sites is 1. The second-order valence-electron chi connectivity index (χ2n) is 6.85. The molecule has 0 spiro atoms. The van der Waals surface area contributed by atoms with Crippen LogP contribution in [0.2, 0.25) is 0 Å². The summed E-state index contributed by atoms with van der Waals surface area (Å²) in [4.78, 5) is 28.7. The Morgan fingerprint density at radius 1 is 1.00 bits per heavy atom. The number of nitrogens with one attached hydrogen (secondary N) is 1. The molecule has 2 amide bonds. The molecule has 1 heterocycles. The van der Waals surface area contributed by atoms with Crippen molar-refractivity contribution in [3.05, 3.63) is 64.1 Å². The number of carbonyl (C=O) groups is 2. The van der Waals surface area contributed by atoms with Crippen LogP contribution in [0.25, 0.3) is 0 Å². The fraction of sp³-hybridized carbons (Fsp3) is 0.333. The highest BCUT2D eigenvalue weighted by atomic mass is 79.9. The van der Waals surface area contributed by atoms with Crippen molar-refractivity contribution in [3.8, 4) is 0 Å². The Bertz CT molecular complexity index is 799. The van der Waals surface area contributed by atoms with E-state index in [1.54, 1.807) is 0 Å². The van der Waals surface area contributed by atoms with Crippen molar-refractivity contribution >= 4 is 33.4 Å². The number of aryl methyl sites for hydroxylation is 1. The van der Waals surface area contributed by atoms with Crippen LogP contribution in [0.3, 0.4) is 0 Å². The van der Waals surface area contributed by atoms with Gasteiger partial charge in [0.05, 0.1) is 18.7 Å². The number of anilines is 1. The van der Waals surface area contributed by atoms with Crippen LogP contribution in [0.1, 0.15) is 11.1 Å². The average molecular weight is 430 g/mol. The van der Waals surface area contributed by atoms with E-state index < -0.39 is 0 Å². The Kier molecular flexibility index (Phi) is 6.63. The summed E-state index contributed by atoms with van der Waals surface area (Å²) in [6, 6.07) is 15.6. The summed E-state index contributed by atoms with van der Waals surface area (Å²) >= 11 is 3.43. The molecule has 1 N–H and O–H groups in total. The maximum atomic E-state index is 12.5. The van der Waals surface area contributed by atoms with Crippen molar-refractivity contribution in [2.24, 2.45) is 0 Å². The third-order valence-electron chi connectivity index (χ3n) is 4.72. The van der Waals surface area contributed by atoms with E-state index in [1.165, 1.54) is 5.56 Å². The number of hydrogen-bond acceptors (Lipinski definition) is 3. The fourth-order valence-corrected chi connectivity index (χ4v) is 3.49. The van der Waals surface area contributed by atoms with Gasteiger partial charge in [-0.1, -0.05) is 42.0 Å². The molecule has 0 aromatic heterocycles. The first-order chi connectivity index (χ1) is 13.0. The number of piperazine rings is 1. The zero-order valence-electron chi connectivity index (χ0n) is 15.5. The minimum Gasteiger partial charge on any atom is -0.340 e. The normalized spacial score (nSPS) is 14.8. The lowest BCUT2D eigenvalue weighted by Crippen LogP contribution is -2.50. The highest BCUT2D eigenvalue weighted by Crippen LogP contribution is 2.21. The summed E-state index contributed by atoms with van der Waals surface area (Å²) in [5, 5.41) is 2.92. The molecule has 142 valence electrons. The van der Waals surface area contributed by atoms with Gasteiger partial charge in [-0.05, 0) is 40.5 Å². The second kappa shape index (κ2) is 9.15. The molecule has 0 aliphatic carbocycles. The van der Waals surface area contributed by atoms with Gasteiger partial charge in [-0.2, -0.15) is 0 Å². The summed E-state index contributed by atoms with van der Waals surface area (Å²) in [6.45, 7) is 5.12. The first kappa shape index (κ1) is 19.6. The predicted molar refractivity (Wildman–Crippen MR) is 111 cm³/mol. The van der Waals surface area contributed by atoms with E-state index in [9.17, 15) is 9.59 Å². The number of rotatable bonds is 5. The van der Waals surface area contributed by atoms with E-state index in [0.717, 1.165) is 15.7 Å². The molecule has 1 saturated heterocycles. The number of hydrogen-bond donors (Lipinski definition) is 1. The van der Waals surface area contributed by atoms with Gasteiger partial charge >= 0.3 is 0 Å². The first-order valence-electron chi connectivity index (χ1n) is 9.11. The fourth-order valence-electron chi connectivity index (χ4n) is 3.10. The van der Waals surface area contributed by atoms with Crippen molar-refractivity contribution in [2.45, 2.75) is 13.3 Å². The van der Waals surface area contributed by atoms with Crippen LogP contribution in [0.5, 0.6) is 0 Å². The van der Waals surface area contributed by atoms with Gasteiger partial charge < -0.3 is 10.2 Å². The Balaban J connectivity index is 1.44. The van der Waals surface area contributed by atoms with Crippen molar-refractivity contribution < 1.29 is 9.59 Å². The highest BCUT2D eigenvalue weighted by Gasteiger charge is 2.22. The number of benzene rings is 2. The third-order valence-corrected chi connectivity index (χ3v) is 5.41. The lowest BCUT2D eigenvalue weighted by atomic mass is 10.1. The van der Waals surface area contributed by atoms with Crippen LogP contribution in [0.4, 0.5) is 5.69 Å². The van der Waals surface area contributed by atoms with Crippen LogP contribution in [0.15, 0.2) is 53.0 Å². The van der Waals surface area contributed by atoms with Crippen LogP contribution in [-0.2, 0) is 16.0 Å². The van der Waals surface area contributed by atoms with Gasteiger partial charge in [-0.3, -0.25) is 14.5 Å². The highest BCUT2D eigenvalue weighted by molar-refractivity contribution is 9.10. The maximum Gasteiger partial charge on any atom is 0.238 e. The number of carbonyl (C=O) groups excluding carboxylic acids is 2. The van der Waals surface area contributed by atoms with E-state index in [4.69, 9.17) is 0 Å². The van der Waals surface area contributed by atoms with Crippen molar-refractivity contribution in [1.82, 2.24) is 9.80 Å². The third kappa shape index (κ3) is 5.65. The molecule has 2 aromatic rings. The van der Waals surface area contributed by atoms with E-state index in [-0.39, 0.29) is 11.8 Å². The van der Waals surface area contributed by atoms with Gasteiger partial charge in [0, 0.05) is 30.7 Å². The van der Waals surface area contributed by atoms with Crippen LogP contribution < -0.4 is 5.32 Å². The van der Waals surface area contributed by atoms with Gasteiger partial charge in [-0.15, -0.1) is 0 Å². The smallest absolute Gasteiger partial charge is 0.238 e. The molecule has 0 radical (unpaired) electrons. The molecule has 1 fully saturated rings. The molecule has 0 saturated carbocycles. The quantitative estimate of drug-likeness (QED) is 0.794. The zero-order valence-corrected chi connectivity index (χ0v) is 17.0. The molecular formula is C21H24BrN3O2. The molecule has 3 rings (SSSR count). The van der Waals surface area contributed by atoms with Gasteiger partial charge in [0.2, 0.25) is 11.8 Å².